The first-order valence-corrected chi connectivity index (χ1v) is 9.48. The Bertz CT molecular complexity index is 1230. The standard InChI is InChI=1S/C21H20N6O3/c1-30-5-3-11-2-4-24-10-15(11)16-7-12-8-17(28)26-20(18(12)19(23)25-16)27-21(29)14-6-13(14)9-22/h2,4,7-8,10,13-14H,3,5-6H2,1H3,(H2,23,25)(H2,26,27,28,29)/t13-,14+/m0/s1. The predicted octanol–water partition coefficient (Wildman–Crippen LogP) is 1.85. The molecule has 152 valence electrons. The molecule has 1 saturated carbocycles. The van der Waals surface area contributed by atoms with E-state index in [4.69, 9.17) is 15.7 Å². The van der Waals surface area contributed by atoms with Crippen LogP contribution in [0.25, 0.3) is 22.0 Å². The number of pyridine rings is 3. The van der Waals surface area contributed by atoms with Crippen LogP contribution >= 0.6 is 0 Å². The number of nitriles is 1. The van der Waals surface area contributed by atoms with E-state index >= 15 is 0 Å². The van der Waals surface area contributed by atoms with Gasteiger partial charge < -0.3 is 20.8 Å². The van der Waals surface area contributed by atoms with Gasteiger partial charge in [0, 0.05) is 31.1 Å². The maximum absolute atomic E-state index is 12.4. The van der Waals surface area contributed by atoms with Crippen molar-refractivity contribution < 1.29 is 9.53 Å². The maximum atomic E-state index is 12.4. The number of aromatic nitrogens is 3. The highest BCUT2D eigenvalue weighted by atomic mass is 16.5. The van der Waals surface area contributed by atoms with Gasteiger partial charge in [-0.25, -0.2) is 4.98 Å². The Morgan fingerprint density at radius 3 is 3.03 bits per heavy atom. The molecule has 4 rings (SSSR count). The normalized spacial score (nSPS) is 17.5. The molecular weight excluding hydrogens is 384 g/mol. The average molecular weight is 404 g/mol. The highest BCUT2D eigenvalue weighted by molar-refractivity contribution is 6.06. The number of nitrogens with one attached hydrogen (secondary N) is 2. The lowest BCUT2D eigenvalue weighted by atomic mass is 10.0. The summed E-state index contributed by atoms with van der Waals surface area (Å²) in [7, 11) is 1.63. The molecule has 0 bridgehead atoms. The second kappa shape index (κ2) is 7.93. The fourth-order valence-electron chi connectivity index (χ4n) is 3.49. The van der Waals surface area contributed by atoms with Gasteiger partial charge in [-0.3, -0.25) is 14.6 Å². The van der Waals surface area contributed by atoms with E-state index in [1.165, 1.54) is 6.07 Å². The van der Waals surface area contributed by atoms with Crippen LogP contribution in [0.4, 0.5) is 11.6 Å². The molecule has 4 N–H and O–H groups in total. The number of fused-ring (bicyclic) bond motifs is 1. The number of carbonyl (C=O) groups is 1. The van der Waals surface area contributed by atoms with Crippen molar-refractivity contribution in [1.29, 1.82) is 5.26 Å². The predicted molar refractivity (Wildman–Crippen MR) is 111 cm³/mol. The molecule has 1 aliphatic rings. The van der Waals surface area contributed by atoms with Crippen molar-refractivity contribution in [3.63, 3.8) is 0 Å². The molecule has 3 aromatic rings. The van der Waals surface area contributed by atoms with Gasteiger partial charge in [0.2, 0.25) is 11.5 Å². The van der Waals surface area contributed by atoms with E-state index in [1.807, 2.05) is 6.07 Å². The zero-order valence-corrected chi connectivity index (χ0v) is 16.3. The Hall–Kier alpha value is -3.77. The molecule has 1 aliphatic carbocycles. The number of anilines is 2. The lowest BCUT2D eigenvalue weighted by molar-refractivity contribution is -0.117. The van der Waals surface area contributed by atoms with Crippen LogP contribution in [0.1, 0.15) is 12.0 Å². The van der Waals surface area contributed by atoms with Crippen molar-refractivity contribution >= 4 is 28.3 Å². The maximum Gasteiger partial charge on any atom is 0.250 e. The minimum absolute atomic E-state index is 0.170. The van der Waals surface area contributed by atoms with Crippen LogP contribution in [0.15, 0.2) is 35.4 Å². The summed E-state index contributed by atoms with van der Waals surface area (Å²) in [6.45, 7) is 0.542. The van der Waals surface area contributed by atoms with Crippen LogP contribution in [-0.4, -0.2) is 34.6 Å². The number of carbonyl (C=O) groups excluding carboxylic acids is 1. The Morgan fingerprint density at radius 2 is 2.30 bits per heavy atom. The summed E-state index contributed by atoms with van der Waals surface area (Å²) in [5.41, 5.74) is 8.22. The van der Waals surface area contributed by atoms with Crippen molar-refractivity contribution in [3.8, 4) is 17.3 Å². The van der Waals surface area contributed by atoms with Crippen molar-refractivity contribution in [1.82, 2.24) is 15.0 Å². The number of nitrogens with two attached hydrogens (primary N) is 1. The lowest BCUT2D eigenvalue weighted by Gasteiger charge is -2.13. The first kappa shape index (κ1) is 19.5. The van der Waals surface area contributed by atoms with Gasteiger partial charge in [-0.2, -0.15) is 5.26 Å². The third-order valence-electron chi connectivity index (χ3n) is 5.17. The number of ether oxygens (including phenoxy) is 1. The van der Waals surface area contributed by atoms with E-state index in [-0.39, 0.29) is 34.9 Å². The van der Waals surface area contributed by atoms with Gasteiger partial charge in [0.15, 0.2) is 0 Å². The van der Waals surface area contributed by atoms with Gasteiger partial charge in [0.25, 0.3) is 0 Å². The number of aromatic amines is 1. The zero-order chi connectivity index (χ0) is 21.3. The van der Waals surface area contributed by atoms with Gasteiger partial charge in [-0.15, -0.1) is 0 Å². The topological polar surface area (TPSA) is 147 Å². The Morgan fingerprint density at radius 1 is 1.47 bits per heavy atom. The van der Waals surface area contributed by atoms with E-state index in [2.05, 4.69) is 26.3 Å². The molecule has 0 unspecified atom stereocenters. The molecule has 1 fully saturated rings. The zero-order valence-electron chi connectivity index (χ0n) is 16.3. The number of hydrogen-bond donors (Lipinski definition) is 3. The first-order valence-electron chi connectivity index (χ1n) is 9.48. The largest absolute Gasteiger partial charge is 0.384 e. The van der Waals surface area contributed by atoms with Gasteiger partial charge in [0.1, 0.15) is 11.6 Å². The SMILES string of the molecule is COCCc1ccncc1-c1cc2cc(=O)[nH]c(NC(=O)[C@@H]3C[C@H]3C#N)c2c(N)n1. The van der Waals surface area contributed by atoms with Gasteiger partial charge in [0.05, 0.1) is 35.6 Å². The summed E-state index contributed by atoms with van der Waals surface area (Å²) in [4.78, 5) is 35.9. The first-order chi connectivity index (χ1) is 14.5. The summed E-state index contributed by atoms with van der Waals surface area (Å²) in [6.07, 6.45) is 4.58. The quantitative estimate of drug-likeness (QED) is 0.568. The summed E-state index contributed by atoms with van der Waals surface area (Å²) in [6, 6.07) is 7.13. The fourth-order valence-corrected chi connectivity index (χ4v) is 3.49. The van der Waals surface area contributed by atoms with Crippen LogP contribution in [0.5, 0.6) is 0 Å². The number of H-pyrrole nitrogens is 1. The van der Waals surface area contributed by atoms with Crippen molar-refractivity contribution in [2.45, 2.75) is 12.8 Å². The monoisotopic (exact) mass is 404 g/mol. The average Bonchev–Trinajstić information content (AvgIpc) is 3.52. The van der Waals surface area contributed by atoms with Crippen LogP contribution in [0, 0.1) is 23.2 Å². The number of nitrogens with zero attached hydrogens (tertiary/aromatic N) is 3. The molecule has 0 aromatic carbocycles. The van der Waals surface area contributed by atoms with E-state index in [0.717, 1.165) is 11.1 Å². The Labute approximate surface area is 171 Å². The molecule has 9 nitrogen and oxygen atoms in total. The van der Waals surface area contributed by atoms with Crippen LogP contribution in [0.2, 0.25) is 0 Å². The number of methoxy groups -OCH3 is 1. The second-order valence-electron chi connectivity index (χ2n) is 7.21. The lowest BCUT2D eigenvalue weighted by Crippen LogP contribution is -2.19. The third-order valence-corrected chi connectivity index (χ3v) is 5.17. The molecule has 3 aromatic heterocycles. The number of hydrogen-bond acceptors (Lipinski definition) is 7. The molecule has 0 spiro atoms. The van der Waals surface area contributed by atoms with Crippen LogP contribution < -0.4 is 16.6 Å². The van der Waals surface area contributed by atoms with Crippen LogP contribution in [0.3, 0.4) is 0 Å². The summed E-state index contributed by atoms with van der Waals surface area (Å²) >= 11 is 0. The van der Waals surface area contributed by atoms with E-state index < -0.39 is 0 Å². The van der Waals surface area contributed by atoms with E-state index in [9.17, 15) is 9.59 Å². The molecule has 1 amide bonds. The molecule has 30 heavy (non-hydrogen) atoms. The molecule has 9 heteroatoms. The highest BCUT2D eigenvalue weighted by Crippen LogP contribution is 2.39. The highest BCUT2D eigenvalue weighted by Gasteiger charge is 2.43. The minimum Gasteiger partial charge on any atom is -0.384 e. The second-order valence-corrected chi connectivity index (χ2v) is 7.21. The van der Waals surface area contributed by atoms with Gasteiger partial charge >= 0.3 is 0 Å². The number of rotatable bonds is 6. The fraction of sp³-hybridized carbons (Fsp3) is 0.286. The van der Waals surface area contributed by atoms with Crippen molar-refractivity contribution in [2.75, 3.05) is 24.8 Å². The summed E-state index contributed by atoms with van der Waals surface area (Å²) in [5, 5.41) is 12.6. The summed E-state index contributed by atoms with van der Waals surface area (Å²) < 4.78 is 5.17. The minimum atomic E-state index is -0.382. The smallest absolute Gasteiger partial charge is 0.250 e. The van der Waals surface area contributed by atoms with Crippen molar-refractivity contribution in [3.05, 3.63) is 46.5 Å². The van der Waals surface area contributed by atoms with Crippen molar-refractivity contribution in [2.24, 2.45) is 11.8 Å². The number of nitrogen functional groups attached to an aromatic ring is 1. The Balaban J connectivity index is 1.76. The molecule has 0 aliphatic heterocycles. The summed E-state index contributed by atoms with van der Waals surface area (Å²) in [5.74, 6) is -0.621. The van der Waals surface area contributed by atoms with Gasteiger partial charge in [-0.05, 0) is 35.9 Å². The third kappa shape index (κ3) is 3.73. The van der Waals surface area contributed by atoms with E-state index in [1.54, 1.807) is 25.6 Å². The Kier molecular flexibility index (Phi) is 5.16. The van der Waals surface area contributed by atoms with Crippen LogP contribution in [-0.2, 0) is 16.0 Å². The molecule has 0 saturated heterocycles. The molecule has 3 heterocycles. The number of amides is 1. The molecular formula is C21H20N6O3. The molecule has 0 radical (unpaired) electrons. The molecule has 2 atom stereocenters. The van der Waals surface area contributed by atoms with E-state index in [0.29, 0.717) is 35.9 Å². The van der Waals surface area contributed by atoms with Gasteiger partial charge in [-0.1, -0.05) is 0 Å².